The van der Waals surface area contributed by atoms with Gasteiger partial charge in [-0.05, 0) is 13.0 Å². The Balaban J connectivity index is 2.53. The van der Waals surface area contributed by atoms with Crippen molar-refractivity contribution in [2.24, 2.45) is 0 Å². The van der Waals surface area contributed by atoms with Crippen LogP contribution in [-0.4, -0.2) is 10.4 Å². The predicted octanol–water partition coefficient (Wildman–Crippen LogP) is 2.27. The maximum Gasteiger partial charge on any atom is 0.404 e. The fourth-order valence-corrected chi connectivity index (χ4v) is 0.778. The maximum absolute atomic E-state index is 10.2. The molecular formula is C8H8ClNO2. The summed E-state index contributed by atoms with van der Waals surface area (Å²) in [5.41, 5.74) is 0.959. The Morgan fingerprint density at radius 2 is 2.42 bits per heavy atom. The van der Waals surface area contributed by atoms with Crippen molar-refractivity contribution in [1.82, 2.24) is 4.98 Å². The first-order valence-corrected chi connectivity index (χ1v) is 3.80. The SMILES string of the molecule is Cc1ccc(COC(=O)Cl)cn1. The van der Waals surface area contributed by atoms with Gasteiger partial charge in [-0.3, -0.25) is 4.98 Å². The monoisotopic (exact) mass is 185 g/mol. The van der Waals surface area contributed by atoms with E-state index in [1.165, 1.54) is 0 Å². The molecule has 0 spiro atoms. The van der Waals surface area contributed by atoms with Crippen molar-refractivity contribution >= 4 is 17.0 Å². The van der Waals surface area contributed by atoms with Gasteiger partial charge in [-0.15, -0.1) is 0 Å². The van der Waals surface area contributed by atoms with Gasteiger partial charge in [0.1, 0.15) is 6.61 Å². The molecule has 12 heavy (non-hydrogen) atoms. The highest BCUT2D eigenvalue weighted by Gasteiger charge is 1.97. The van der Waals surface area contributed by atoms with E-state index in [2.05, 4.69) is 9.72 Å². The van der Waals surface area contributed by atoms with Crippen LogP contribution in [0.5, 0.6) is 0 Å². The van der Waals surface area contributed by atoms with Gasteiger partial charge in [-0.25, -0.2) is 4.79 Å². The van der Waals surface area contributed by atoms with Crippen molar-refractivity contribution in [3.63, 3.8) is 0 Å². The van der Waals surface area contributed by atoms with Gasteiger partial charge in [0.05, 0.1) is 0 Å². The van der Waals surface area contributed by atoms with Crippen LogP contribution in [0.2, 0.25) is 0 Å². The van der Waals surface area contributed by atoms with Crippen LogP contribution in [0.15, 0.2) is 18.3 Å². The molecule has 0 unspecified atom stereocenters. The molecule has 1 rings (SSSR count). The third-order valence-electron chi connectivity index (χ3n) is 1.32. The van der Waals surface area contributed by atoms with Crippen LogP contribution in [0.3, 0.4) is 0 Å². The lowest BCUT2D eigenvalue weighted by atomic mass is 10.3. The first-order chi connectivity index (χ1) is 5.68. The minimum Gasteiger partial charge on any atom is -0.449 e. The second kappa shape index (κ2) is 4.07. The summed E-state index contributed by atoms with van der Waals surface area (Å²) in [5.74, 6) is 0. The van der Waals surface area contributed by atoms with Gasteiger partial charge < -0.3 is 4.74 Å². The minimum atomic E-state index is -0.796. The van der Waals surface area contributed by atoms with E-state index in [1.807, 2.05) is 19.1 Å². The Morgan fingerprint density at radius 1 is 1.67 bits per heavy atom. The highest BCUT2D eigenvalue weighted by Crippen LogP contribution is 2.02. The number of rotatable bonds is 2. The number of hydrogen-bond acceptors (Lipinski definition) is 3. The van der Waals surface area contributed by atoms with E-state index >= 15 is 0 Å². The summed E-state index contributed by atoms with van der Waals surface area (Å²) in [4.78, 5) is 14.2. The summed E-state index contributed by atoms with van der Waals surface area (Å²) in [6, 6.07) is 3.68. The largest absolute Gasteiger partial charge is 0.449 e. The van der Waals surface area contributed by atoms with E-state index in [0.29, 0.717) is 0 Å². The van der Waals surface area contributed by atoms with Gasteiger partial charge in [0.25, 0.3) is 0 Å². The molecule has 0 aliphatic rings. The Labute approximate surface area is 75.3 Å². The van der Waals surface area contributed by atoms with E-state index in [1.54, 1.807) is 6.20 Å². The van der Waals surface area contributed by atoms with Crippen LogP contribution < -0.4 is 0 Å². The standard InChI is InChI=1S/C8H8ClNO2/c1-6-2-3-7(4-10-6)5-12-8(9)11/h2-4H,5H2,1H3. The lowest BCUT2D eigenvalue weighted by molar-refractivity contribution is 0.167. The Bertz CT molecular complexity index is 271. The molecular weight excluding hydrogens is 178 g/mol. The zero-order chi connectivity index (χ0) is 8.97. The van der Waals surface area contributed by atoms with E-state index in [4.69, 9.17) is 11.6 Å². The highest BCUT2D eigenvalue weighted by atomic mass is 35.5. The van der Waals surface area contributed by atoms with Crippen molar-refractivity contribution in [3.05, 3.63) is 29.6 Å². The molecule has 0 saturated heterocycles. The molecule has 0 fully saturated rings. The molecule has 0 amide bonds. The van der Waals surface area contributed by atoms with Crippen LogP contribution in [0.1, 0.15) is 11.3 Å². The van der Waals surface area contributed by atoms with Crippen molar-refractivity contribution in [2.75, 3.05) is 0 Å². The highest BCUT2D eigenvalue weighted by molar-refractivity contribution is 6.61. The molecule has 0 aliphatic heterocycles. The maximum atomic E-state index is 10.2. The summed E-state index contributed by atoms with van der Waals surface area (Å²) in [6.07, 6.45) is 1.65. The van der Waals surface area contributed by atoms with E-state index in [-0.39, 0.29) is 6.61 Å². The molecule has 3 nitrogen and oxygen atoms in total. The molecule has 0 atom stereocenters. The second-order valence-corrected chi connectivity index (χ2v) is 2.64. The zero-order valence-electron chi connectivity index (χ0n) is 6.58. The lowest BCUT2D eigenvalue weighted by Crippen LogP contribution is -1.95. The average molecular weight is 186 g/mol. The second-order valence-electron chi connectivity index (χ2n) is 2.33. The predicted molar refractivity (Wildman–Crippen MR) is 45.0 cm³/mol. The number of hydrogen-bond donors (Lipinski definition) is 0. The Hall–Kier alpha value is -1.09. The molecule has 4 heteroatoms. The van der Waals surface area contributed by atoms with Gasteiger partial charge >= 0.3 is 5.43 Å². The van der Waals surface area contributed by atoms with E-state index in [9.17, 15) is 4.79 Å². The smallest absolute Gasteiger partial charge is 0.404 e. The number of pyridine rings is 1. The molecule has 1 heterocycles. The average Bonchev–Trinajstić information content (AvgIpc) is 2.03. The number of aromatic nitrogens is 1. The summed E-state index contributed by atoms with van der Waals surface area (Å²) < 4.78 is 4.55. The van der Waals surface area contributed by atoms with Crippen molar-refractivity contribution in [1.29, 1.82) is 0 Å². The number of ether oxygens (including phenoxy) is 1. The minimum absolute atomic E-state index is 0.176. The van der Waals surface area contributed by atoms with Gasteiger partial charge in [-0.1, -0.05) is 6.07 Å². The molecule has 0 aliphatic carbocycles. The van der Waals surface area contributed by atoms with Crippen LogP contribution in [-0.2, 0) is 11.3 Å². The van der Waals surface area contributed by atoms with Gasteiger partial charge in [0.15, 0.2) is 0 Å². The van der Waals surface area contributed by atoms with Crippen molar-refractivity contribution < 1.29 is 9.53 Å². The topological polar surface area (TPSA) is 39.2 Å². The van der Waals surface area contributed by atoms with E-state index in [0.717, 1.165) is 11.3 Å². The molecule has 0 saturated carbocycles. The molecule has 0 bridgehead atoms. The fraction of sp³-hybridized carbons (Fsp3) is 0.250. The van der Waals surface area contributed by atoms with Crippen LogP contribution in [0.25, 0.3) is 0 Å². The molecule has 0 radical (unpaired) electrons. The zero-order valence-corrected chi connectivity index (χ0v) is 7.34. The summed E-state index contributed by atoms with van der Waals surface area (Å²) in [5, 5.41) is 0. The van der Waals surface area contributed by atoms with Crippen molar-refractivity contribution in [2.45, 2.75) is 13.5 Å². The Morgan fingerprint density at radius 3 is 2.92 bits per heavy atom. The lowest BCUT2D eigenvalue weighted by Gasteiger charge is -1.99. The molecule has 64 valence electrons. The summed E-state index contributed by atoms with van der Waals surface area (Å²) >= 11 is 4.98. The number of carbonyl (C=O) groups is 1. The van der Waals surface area contributed by atoms with Gasteiger partial charge in [-0.2, -0.15) is 0 Å². The van der Waals surface area contributed by atoms with E-state index < -0.39 is 5.43 Å². The van der Waals surface area contributed by atoms with Crippen molar-refractivity contribution in [3.8, 4) is 0 Å². The van der Waals surface area contributed by atoms with Crippen LogP contribution in [0, 0.1) is 6.92 Å². The summed E-state index contributed by atoms with van der Waals surface area (Å²) in [7, 11) is 0. The number of halogens is 1. The quantitative estimate of drug-likeness (QED) is 0.664. The molecule has 1 aromatic rings. The first kappa shape index (κ1) is 9.00. The van der Waals surface area contributed by atoms with Crippen LogP contribution in [0.4, 0.5) is 4.79 Å². The third-order valence-corrected chi connectivity index (χ3v) is 1.43. The van der Waals surface area contributed by atoms with Gasteiger partial charge in [0, 0.05) is 29.1 Å². The third kappa shape index (κ3) is 2.88. The van der Waals surface area contributed by atoms with Crippen LogP contribution >= 0.6 is 11.6 Å². The number of carbonyl (C=O) groups excluding carboxylic acids is 1. The fourth-order valence-electron chi connectivity index (χ4n) is 0.724. The first-order valence-electron chi connectivity index (χ1n) is 3.42. The molecule has 0 aromatic carbocycles. The normalized spacial score (nSPS) is 9.50. The molecule has 1 aromatic heterocycles. The number of aryl methyl sites for hydroxylation is 1. The number of nitrogens with zero attached hydrogens (tertiary/aromatic N) is 1. The summed E-state index contributed by atoms with van der Waals surface area (Å²) in [6.45, 7) is 2.06. The van der Waals surface area contributed by atoms with Gasteiger partial charge in [0.2, 0.25) is 0 Å². The molecule has 0 N–H and O–H groups in total. The Kier molecular flexibility index (Phi) is 3.05.